The lowest BCUT2D eigenvalue weighted by Gasteiger charge is -2.41. The Balaban J connectivity index is 5.76. The fourth-order valence-electron chi connectivity index (χ4n) is 1.92. The van der Waals surface area contributed by atoms with E-state index in [4.69, 9.17) is 5.11 Å². The minimum atomic E-state index is -7.61. The van der Waals surface area contributed by atoms with E-state index in [2.05, 4.69) is 6.58 Å². The number of alkyl halides is 12. The smallest absolute Gasteiger partial charge is 0.384 e. The standard InChI is InChI=1S/C14H16F12O/c1-2-3-4-5-6-7-9(15,16)11(19,20)13(23,24)14(25,26)12(21,22)10(17,18)8-27/h2,27H,1,3-8H2. The number of aliphatic hydroxyl groups excluding tert-OH is 1. The maximum absolute atomic E-state index is 13.4. The van der Waals surface area contributed by atoms with Crippen LogP contribution in [0.3, 0.4) is 0 Å². The highest BCUT2D eigenvalue weighted by atomic mass is 19.4. The Hall–Kier alpha value is -1.14. The minimum absolute atomic E-state index is 0.124. The third-order valence-electron chi connectivity index (χ3n) is 3.70. The molecule has 0 atom stereocenters. The molecule has 0 heterocycles. The summed E-state index contributed by atoms with van der Waals surface area (Å²) in [6.07, 6.45) is -1.47. The van der Waals surface area contributed by atoms with Gasteiger partial charge in [0.15, 0.2) is 0 Å². The maximum atomic E-state index is 13.4. The van der Waals surface area contributed by atoms with Gasteiger partial charge in [-0.2, -0.15) is 52.7 Å². The van der Waals surface area contributed by atoms with Gasteiger partial charge < -0.3 is 5.11 Å². The average molecular weight is 428 g/mol. The summed E-state index contributed by atoms with van der Waals surface area (Å²) in [7, 11) is 0. The number of hydrogen-bond acceptors (Lipinski definition) is 1. The van der Waals surface area contributed by atoms with Crippen molar-refractivity contribution in [3.63, 3.8) is 0 Å². The van der Waals surface area contributed by atoms with Crippen LogP contribution in [0.2, 0.25) is 0 Å². The van der Waals surface area contributed by atoms with Crippen LogP contribution in [0.25, 0.3) is 0 Å². The zero-order valence-corrected chi connectivity index (χ0v) is 13.5. The molecular weight excluding hydrogens is 412 g/mol. The van der Waals surface area contributed by atoms with E-state index in [1.54, 1.807) is 0 Å². The van der Waals surface area contributed by atoms with E-state index < -0.39 is 55.0 Å². The molecule has 0 bridgehead atoms. The van der Waals surface area contributed by atoms with E-state index in [1.807, 2.05) is 0 Å². The molecule has 0 spiro atoms. The summed E-state index contributed by atoms with van der Waals surface area (Å²) in [4.78, 5) is 0. The first kappa shape index (κ1) is 25.9. The number of allylic oxidation sites excluding steroid dienone is 1. The molecule has 13 heteroatoms. The zero-order chi connectivity index (χ0) is 21.9. The molecule has 0 saturated carbocycles. The van der Waals surface area contributed by atoms with Crippen molar-refractivity contribution in [3.05, 3.63) is 12.7 Å². The average Bonchev–Trinajstić information content (AvgIpc) is 2.53. The molecule has 0 saturated heterocycles. The first-order valence-electron chi connectivity index (χ1n) is 7.36. The van der Waals surface area contributed by atoms with Gasteiger partial charge in [0, 0.05) is 6.42 Å². The van der Waals surface area contributed by atoms with Crippen LogP contribution >= 0.6 is 0 Å². The first-order chi connectivity index (χ1) is 11.9. The summed E-state index contributed by atoms with van der Waals surface area (Å²) in [6.45, 7) is 0.141. The fraction of sp³-hybridized carbons (Fsp3) is 0.857. The summed E-state index contributed by atoms with van der Waals surface area (Å²) in [5.41, 5.74) is 0. The highest BCUT2D eigenvalue weighted by Gasteiger charge is 2.89. The number of halogens is 12. The molecule has 0 aliphatic heterocycles. The Morgan fingerprint density at radius 2 is 1.00 bits per heavy atom. The molecule has 162 valence electrons. The molecule has 0 unspecified atom stereocenters. The molecular formula is C14H16F12O. The fourth-order valence-corrected chi connectivity index (χ4v) is 1.92. The Bertz CT molecular complexity index is 500. The van der Waals surface area contributed by atoms with Crippen LogP contribution in [-0.4, -0.2) is 47.2 Å². The largest absolute Gasteiger partial charge is 0.390 e. The van der Waals surface area contributed by atoms with Crippen LogP contribution < -0.4 is 0 Å². The van der Waals surface area contributed by atoms with Gasteiger partial charge in [0.2, 0.25) is 0 Å². The summed E-state index contributed by atoms with van der Waals surface area (Å²) in [6, 6.07) is 0. The van der Waals surface area contributed by atoms with Crippen LogP contribution in [0.5, 0.6) is 0 Å². The summed E-state index contributed by atoms with van der Waals surface area (Å²) < 4.78 is 159. The molecule has 1 nitrogen and oxygen atoms in total. The monoisotopic (exact) mass is 428 g/mol. The van der Waals surface area contributed by atoms with Gasteiger partial charge in [0.25, 0.3) is 0 Å². The predicted molar refractivity (Wildman–Crippen MR) is 70.0 cm³/mol. The van der Waals surface area contributed by atoms with E-state index in [1.165, 1.54) is 6.08 Å². The lowest BCUT2D eigenvalue weighted by molar-refractivity contribution is -0.427. The van der Waals surface area contributed by atoms with Crippen LogP contribution in [0, 0.1) is 0 Å². The highest BCUT2D eigenvalue weighted by Crippen LogP contribution is 2.60. The summed E-state index contributed by atoms with van der Waals surface area (Å²) >= 11 is 0. The molecule has 0 aliphatic rings. The summed E-state index contributed by atoms with van der Waals surface area (Å²) in [5.74, 6) is -41.7. The summed E-state index contributed by atoms with van der Waals surface area (Å²) in [5, 5.41) is 7.96. The van der Waals surface area contributed by atoms with E-state index in [0.717, 1.165) is 0 Å². The van der Waals surface area contributed by atoms with Gasteiger partial charge in [-0.15, -0.1) is 6.58 Å². The van der Waals surface area contributed by atoms with Crippen LogP contribution in [-0.2, 0) is 0 Å². The van der Waals surface area contributed by atoms with E-state index >= 15 is 0 Å². The van der Waals surface area contributed by atoms with Crippen molar-refractivity contribution in [1.29, 1.82) is 0 Å². The zero-order valence-electron chi connectivity index (χ0n) is 13.5. The third kappa shape index (κ3) is 4.32. The van der Waals surface area contributed by atoms with E-state index in [-0.39, 0.29) is 19.3 Å². The molecule has 27 heavy (non-hydrogen) atoms. The van der Waals surface area contributed by atoms with Gasteiger partial charge in [-0.1, -0.05) is 12.5 Å². The van der Waals surface area contributed by atoms with Crippen molar-refractivity contribution in [2.75, 3.05) is 6.61 Å². The molecule has 0 aromatic heterocycles. The van der Waals surface area contributed by atoms with Crippen LogP contribution in [0.4, 0.5) is 52.7 Å². The van der Waals surface area contributed by atoms with Crippen LogP contribution in [0.1, 0.15) is 32.1 Å². The van der Waals surface area contributed by atoms with E-state index in [9.17, 15) is 52.7 Å². The highest BCUT2D eigenvalue weighted by molar-refractivity contribution is 5.11. The molecule has 0 radical (unpaired) electrons. The number of unbranched alkanes of at least 4 members (excludes halogenated alkanes) is 3. The van der Waals surface area contributed by atoms with Gasteiger partial charge in [0.05, 0.1) is 0 Å². The predicted octanol–water partition coefficient (Wildman–Crippen LogP) is 5.93. The van der Waals surface area contributed by atoms with Gasteiger partial charge in [-0.3, -0.25) is 0 Å². The second kappa shape index (κ2) is 8.08. The molecule has 0 rings (SSSR count). The van der Waals surface area contributed by atoms with Gasteiger partial charge >= 0.3 is 35.5 Å². The normalized spacial score (nSPS) is 15.1. The molecule has 0 amide bonds. The lowest BCUT2D eigenvalue weighted by Crippen LogP contribution is -2.71. The molecule has 1 N–H and O–H groups in total. The minimum Gasteiger partial charge on any atom is -0.390 e. The maximum Gasteiger partial charge on any atom is 0.384 e. The second-order valence-electron chi connectivity index (χ2n) is 5.75. The Morgan fingerprint density at radius 3 is 1.37 bits per heavy atom. The molecule has 0 fully saturated rings. The van der Waals surface area contributed by atoms with Gasteiger partial charge in [-0.25, -0.2) is 0 Å². The number of hydrogen-bond donors (Lipinski definition) is 1. The topological polar surface area (TPSA) is 20.2 Å². The van der Waals surface area contributed by atoms with Crippen LogP contribution in [0.15, 0.2) is 12.7 Å². The van der Waals surface area contributed by atoms with Crippen molar-refractivity contribution in [2.24, 2.45) is 0 Å². The molecule has 0 aromatic rings. The van der Waals surface area contributed by atoms with Crippen molar-refractivity contribution in [3.8, 4) is 0 Å². The Kier molecular flexibility index (Phi) is 7.74. The molecule has 0 aromatic carbocycles. The number of rotatable bonds is 12. The Labute approximate surface area is 146 Å². The van der Waals surface area contributed by atoms with Crippen molar-refractivity contribution >= 4 is 0 Å². The van der Waals surface area contributed by atoms with E-state index in [0.29, 0.717) is 0 Å². The van der Waals surface area contributed by atoms with Crippen molar-refractivity contribution in [2.45, 2.75) is 67.6 Å². The van der Waals surface area contributed by atoms with Gasteiger partial charge in [-0.05, 0) is 19.3 Å². The number of aliphatic hydroxyl groups is 1. The first-order valence-corrected chi connectivity index (χ1v) is 7.36. The third-order valence-corrected chi connectivity index (χ3v) is 3.70. The quantitative estimate of drug-likeness (QED) is 0.232. The lowest BCUT2D eigenvalue weighted by atomic mass is 9.89. The SMILES string of the molecule is C=CCCCCCC(F)(F)C(F)(F)C(F)(F)C(F)(F)C(F)(F)C(F)(F)CO. The second-order valence-corrected chi connectivity index (χ2v) is 5.75. The van der Waals surface area contributed by atoms with Gasteiger partial charge in [0.1, 0.15) is 6.61 Å². The Morgan fingerprint density at radius 1 is 0.593 bits per heavy atom. The van der Waals surface area contributed by atoms with Crippen molar-refractivity contribution < 1.29 is 57.8 Å². The van der Waals surface area contributed by atoms with Crippen molar-refractivity contribution in [1.82, 2.24) is 0 Å². The molecule has 0 aliphatic carbocycles.